The first-order valence-electron chi connectivity index (χ1n) is 10.2. The second kappa shape index (κ2) is 8.57. The molecule has 2 aliphatic heterocycles. The molecule has 0 saturated carbocycles. The standard InChI is InChI=1S/C22H25N3O4S/c26-21-7-4-12-24(21)16-17-8-10-18(11-9-17)22(27)23-19-5-3-6-20(15-19)30(28,29)25-13-1-2-14-25/h3,5-6,8-11,15H,1-2,4,7,12-14,16H2,(H,23,27). The van der Waals surface area contributed by atoms with Crippen LogP contribution in [0.25, 0.3) is 0 Å². The third kappa shape index (κ3) is 4.39. The molecular weight excluding hydrogens is 402 g/mol. The van der Waals surface area contributed by atoms with Crippen molar-refractivity contribution in [3.8, 4) is 0 Å². The Balaban J connectivity index is 1.43. The number of sulfonamides is 1. The Morgan fingerprint density at radius 3 is 2.37 bits per heavy atom. The van der Waals surface area contributed by atoms with Crippen molar-refractivity contribution in [2.75, 3.05) is 25.0 Å². The van der Waals surface area contributed by atoms with Gasteiger partial charge in [-0.15, -0.1) is 0 Å². The number of likely N-dealkylation sites (tertiary alicyclic amines) is 1. The Morgan fingerprint density at radius 2 is 1.70 bits per heavy atom. The Morgan fingerprint density at radius 1 is 0.967 bits per heavy atom. The molecule has 4 rings (SSSR count). The van der Waals surface area contributed by atoms with Crippen LogP contribution in [0.15, 0.2) is 53.4 Å². The van der Waals surface area contributed by atoms with Gasteiger partial charge in [0.2, 0.25) is 15.9 Å². The molecular formula is C22H25N3O4S. The molecule has 0 spiro atoms. The molecule has 0 radical (unpaired) electrons. The van der Waals surface area contributed by atoms with Gasteiger partial charge in [-0.3, -0.25) is 9.59 Å². The van der Waals surface area contributed by atoms with Crippen molar-refractivity contribution in [1.29, 1.82) is 0 Å². The number of benzene rings is 2. The number of carbonyl (C=O) groups excluding carboxylic acids is 2. The number of carbonyl (C=O) groups is 2. The lowest BCUT2D eigenvalue weighted by atomic mass is 10.1. The molecule has 2 heterocycles. The number of anilines is 1. The maximum absolute atomic E-state index is 12.7. The molecule has 2 aliphatic rings. The van der Waals surface area contributed by atoms with E-state index >= 15 is 0 Å². The summed E-state index contributed by atoms with van der Waals surface area (Å²) in [6.45, 7) is 2.40. The molecule has 2 fully saturated rings. The summed E-state index contributed by atoms with van der Waals surface area (Å²) < 4.78 is 26.9. The number of rotatable bonds is 6. The van der Waals surface area contributed by atoms with Gasteiger partial charge in [-0.05, 0) is 55.2 Å². The van der Waals surface area contributed by atoms with E-state index in [1.807, 2.05) is 17.0 Å². The Bertz CT molecular complexity index is 1040. The zero-order chi connectivity index (χ0) is 21.1. The van der Waals surface area contributed by atoms with Crippen LogP contribution in [0.2, 0.25) is 0 Å². The third-order valence-corrected chi connectivity index (χ3v) is 7.45. The summed E-state index contributed by atoms with van der Waals surface area (Å²) >= 11 is 0. The zero-order valence-corrected chi connectivity index (χ0v) is 17.5. The summed E-state index contributed by atoms with van der Waals surface area (Å²) in [6, 6.07) is 13.5. The molecule has 0 atom stereocenters. The van der Waals surface area contributed by atoms with E-state index in [-0.39, 0.29) is 16.7 Å². The van der Waals surface area contributed by atoms with Gasteiger partial charge in [0.25, 0.3) is 5.91 Å². The second-order valence-corrected chi connectivity index (χ2v) is 9.65. The largest absolute Gasteiger partial charge is 0.338 e. The van der Waals surface area contributed by atoms with Gasteiger partial charge in [0, 0.05) is 43.9 Å². The SMILES string of the molecule is O=C(Nc1cccc(S(=O)(=O)N2CCCC2)c1)c1ccc(CN2CCCC2=O)cc1. The van der Waals surface area contributed by atoms with Gasteiger partial charge in [-0.2, -0.15) is 4.31 Å². The Hall–Kier alpha value is -2.71. The zero-order valence-electron chi connectivity index (χ0n) is 16.7. The van der Waals surface area contributed by atoms with Crippen molar-refractivity contribution in [3.05, 3.63) is 59.7 Å². The molecule has 158 valence electrons. The molecule has 30 heavy (non-hydrogen) atoms. The van der Waals surface area contributed by atoms with Crippen LogP contribution in [0.5, 0.6) is 0 Å². The van der Waals surface area contributed by atoms with Crippen LogP contribution < -0.4 is 5.32 Å². The summed E-state index contributed by atoms with van der Waals surface area (Å²) in [4.78, 5) is 26.4. The minimum atomic E-state index is -3.53. The van der Waals surface area contributed by atoms with Gasteiger partial charge in [-0.1, -0.05) is 18.2 Å². The average Bonchev–Trinajstić information content (AvgIpc) is 3.42. The molecule has 2 aromatic carbocycles. The van der Waals surface area contributed by atoms with E-state index in [0.29, 0.717) is 37.3 Å². The first kappa shape index (κ1) is 20.6. The van der Waals surface area contributed by atoms with Crippen molar-refractivity contribution in [2.45, 2.75) is 37.1 Å². The molecule has 0 bridgehead atoms. The summed E-state index contributed by atoms with van der Waals surface area (Å²) in [5.41, 5.74) is 1.88. The molecule has 7 nitrogen and oxygen atoms in total. The Labute approximate surface area is 176 Å². The molecule has 1 N–H and O–H groups in total. The van der Waals surface area contributed by atoms with E-state index < -0.39 is 10.0 Å². The summed E-state index contributed by atoms with van der Waals surface area (Å²) in [6.07, 6.45) is 3.24. The fourth-order valence-electron chi connectivity index (χ4n) is 3.87. The van der Waals surface area contributed by atoms with Gasteiger partial charge < -0.3 is 10.2 Å². The van der Waals surface area contributed by atoms with Crippen LogP contribution in [0.3, 0.4) is 0 Å². The fourth-order valence-corrected chi connectivity index (χ4v) is 5.43. The first-order chi connectivity index (χ1) is 14.4. The predicted molar refractivity (Wildman–Crippen MR) is 113 cm³/mol. The molecule has 0 aliphatic carbocycles. The van der Waals surface area contributed by atoms with Crippen LogP contribution >= 0.6 is 0 Å². The molecule has 2 amide bonds. The normalized spacial score (nSPS) is 17.5. The minimum absolute atomic E-state index is 0.167. The summed E-state index contributed by atoms with van der Waals surface area (Å²) in [5, 5.41) is 2.77. The molecule has 0 aromatic heterocycles. The van der Waals surface area contributed by atoms with Gasteiger partial charge in [0.15, 0.2) is 0 Å². The first-order valence-corrected chi connectivity index (χ1v) is 11.7. The summed E-state index contributed by atoms with van der Waals surface area (Å²) in [7, 11) is -3.53. The lowest BCUT2D eigenvalue weighted by molar-refractivity contribution is -0.128. The van der Waals surface area contributed by atoms with Crippen molar-refractivity contribution in [2.24, 2.45) is 0 Å². The van der Waals surface area contributed by atoms with Gasteiger partial charge in [0.1, 0.15) is 0 Å². The van der Waals surface area contributed by atoms with E-state index in [2.05, 4.69) is 5.32 Å². The lowest BCUT2D eigenvalue weighted by Gasteiger charge is -2.16. The number of nitrogens with zero attached hydrogens (tertiary/aromatic N) is 2. The molecule has 8 heteroatoms. The highest BCUT2D eigenvalue weighted by molar-refractivity contribution is 7.89. The van der Waals surface area contributed by atoms with E-state index in [9.17, 15) is 18.0 Å². The third-order valence-electron chi connectivity index (χ3n) is 5.56. The van der Waals surface area contributed by atoms with Crippen molar-refractivity contribution < 1.29 is 18.0 Å². The smallest absolute Gasteiger partial charge is 0.255 e. The number of hydrogen-bond donors (Lipinski definition) is 1. The molecule has 2 aromatic rings. The van der Waals surface area contributed by atoms with Crippen molar-refractivity contribution >= 4 is 27.5 Å². The van der Waals surface area contributed by atoms with E-state index in [1.165, 1.54) is 10.4 Å². The predicted octanol–water partition coefficient (Wildman–Crippen LogP) is 2.85. The highest BCUT2D eigenvalue weighted by atomic mass is 32.2. The number of hydrogen-bond acceptors (Lipinski definition) is 4. The number of nitrogens with one attached hydrogen (secondary N) is 1. The minimum Gasteiger partial charge on any atom is -0.338 e. The maximum Gasteiger partial charge on any atom is 0.255 e. The van der Waals surface area contributed by atoms with Crippen LogP contribution in [0, 0.1) is 0 Å². The van der Waals surface area contributed by atoms with Crippen molar-refractivity contribution in [1.82, 2.24) is 9.21 Å². The second-order valence-electron chi connectivity index (χ2n) is 7.71. The highest BCUT2D eigenvalue weighted by Crippen LogP contribution is 2.23. The van der Waals surface area contributed by atoms with Crippen LogP contribution in [0.4, 0.5) is 5.69 Å². The van der Waals surface area contributed by atoms with E-state index in [4.69, 9.17) is 0 Å². The van der Waals surface area contributed by atoms with Gasteiger partial charge in [0.05, 0.1) is 4.90 Å². The average molecular weight is 428 g/mol. The summed E-state index contributed by atoms with van der Waals surface area (Å²) in [5.74, 6) is -0.143. The number of amides is 2. The quantitative estimate of drug-likeness (QED) is 0.768. The van der Waals surface area contributed by atoms with Gasteiger partial charge in [-0.25, -0.2) is 8.42 Å². The lowest BCUT2D eigenvalue weighted by Crippen LogP contribution is -2.27. The van der Waals surface area contributed by atoms with Gasteiger partial charge >= 0.3 is 0 Å². The van der Waals surface area contributed by atoms with Crippen molar-refractivity contribution in [3.63, 3.8) is 0 Å². The fraction of sp³-hybridized carbons (Fsp3) is 0.364. The van der Waals surface area contributed by atoms with Crippen LogP contribution in [-0.2, 0) is 21.4 Å². The highest BCUT2D eigenvalue weighted by Gasteiger charge is 2.27. The maximum atomic E-state index is 12.7. The van der Waals surface area contributed by atoms with E-state index in [1.54, 1.807) is 30.3 Å². The topological polar surface area (TPSA) is 86.8 Å². The van der Waals surface area contributed by atoms with Crippen LogP contribution in [-0.4, -0.2) is 49.1 Å². The molecule has 0 unspecified atom stereocenters. The monoisotopic (exact) mass is 427 g/mol. The molecule has 2 saturated heterocycles. The van der Waals surface area contributed by atoms with E-state index in [0.717, 1.165) is 31.4 Å². The van der Waals surface area contributed by atoms with Crippen LogP contribution in [0.1, 0.15) is 41.6 Å². The Kier molecular flexibility index (Phi) is 5.87.